The second kappa shape index (κ2) is 6.60. The summed E-state index contributed by atoms with van der Waals surface area (Å²) >= 11 is 0. The van der Waals surface area contributed by atoms with Crippen molar-refractivity contribution in [3.05, 3.63) is 46.7 Å². The number of pyridine rings is 1. The van der Waals surface area contributed by atoms with Gasteiger partial charge in [0.1, 0.15) is 0 Å². The van der Waals surface area contributed by atoms with Gasteiger partial charge in [0, 0.05) is 11.1 Å². The first-order valence-corrected chi connectivity index (χ1v) is 7.49. The minimum atomic E-state index is -1.24. The number of hydrogen-bond acceptors (Lipinski definition) is 3. The average Bonchev–Trinajstić information content (AvgIpc) is 2.50. The molecule has 0 aliphatic carbocycles. The molecule has 0 unspecified atom stereocenters. The van der Waals surface area contributed by atoms with Gasteiger partial charge in [0.2, 0.25) is 0 Å². The number of benzene rings is 1. The molecule has 0 fully saturated rings. The molecule has 2 aromatic rings. The third-order valence-corrected chi connectivity index (χ3v) is 3.91. The summed E-state index contributed by atoms with van der Waals surface area (Å²) in [7, 11) is 0. The third kappa shape index (κ3) is 3.23. The van der Waals surface area contributed by atoms with Crippen LogP contribution in [-0.4, -0.2) is 27.1 Å². The van der Waals surface area contributed by atoms with E-state index in [0.29, 0.717) is 5.56 Å². The zero-order valence-corrected chi connectivity index (χ0v) is 13.4. The Balaban J connectivity index is 2.73. The summed E-state index contributed by atoms with van der Waals surface area (Å²) in [4.78, 5) is 27.4. The molecule has 0 radical (unpaired) electrons. The first kappa shape index (κ1) is 16.7. The fraction of sp³-hybridized carbons (Fsp3) is 0.278. The average molecular weight is 313 g/mol. The molecule has 120 valence electrons. The van der Waals surface area contributed by atoms with E-state index < -0.39 is 11.9 Å². The molecule has 1 aromatic heterocycles. The molecule has 0 aliphatic rings. The van der Waals surface area contributed by atoms with Gasteiger partial charge in [0.15, 0.2) is 0 Å². The summed E-state index contributed by atoms with van der Waals surface area (Å²) in [5, 5.41) is 19.5. The molecule has 0 saturated carbocycles. The van der Waals surface area contributed by atoms with Gasteiger partial charge in [-0.1, -0.05) is 19.9 Å². The van der Waals surface area contributed by atoms with E-state index in [-0.39, 0.29) is 17.6 Å². The number of carbonyl (C=O) groups is 2. The highest BCUT2D eigenvalue weighted by molar-refractivity contribution is 6.22. The number of carboxylic acids is 2. The number of nitrogens with zero attached hydrogens (tertiary/aromatic N) is 1. The van der Waals surface area contributed by atoms with Crippen LogP contribution in [0.2, 0.25) is 0 Å². The Labute approximate surface area is 134 Å². The van der Waals surface area contributed by atoms with Crippen LogP contribution in [0.1, 0.15) is 37.1 Å². The van der Waals surface area contributed by atoms with Crippen LogP contribution in [0.4, 0.5) is 0 Å². The Kier molecular flexibility index (Phi) is 4.79. The molecule has 1 heterocycles. The van der Waals surface area contributed by atoms with Crippen LogP contribution in [0.5, 0.6) is 0 Å². The van der Waals surface area contributed by atoms with Crippen molar-refractivity contribution in [2.45, 2.75) is 33.6 Å². The minimum Gasteiger partial charge on any atom is -0.478 e. The molecule has 0 saturated heterocycles. The monoisotopic (exact) mass is 313 g/mol. The summed E-state index contributed by atoms with van der Waals surface area (Å²) < 4.78 is 0. The largest absolute Gasteiger partial charge is 0.478 e. The summed E-state index contributed by atoms with van der Waals surface area (Å²) in [6.45, 7) is 5.60. The molecule has 5 heteroatoms. The number of fused-ring (bicyclic) bond motifs is 1. The van der Waals surface area contributed by atoms with Crippen molar-refractivity contribution in [2.75, 3.05) is 0 Å². The molecular formula is C18H19NO4. The standard InChI is InChI=1S/C18H19NO4/c1-4-11-8-13-9-12(6-7-15(13)19-10(11)3)16(18(22)23)14(5-2)17(20)21/h6-9H,4-5H2,1-3H3,(H,20,21)(H,22,23). The van der Waals surface area contributed by atoms with Crippen LogP contribution in [0.3, 0.4) is 0 Å². The number of hydrogen-bond donors (Lipinski definition) is 2. The van der Waals surface area contributed by atoms with Crippen molar-refractivity contribution in [3.8, 4) is 0 Å². The van der Waals surface area contributed by atoms with Gasteiger partial charge in [-0.25, -0.2) is 9.59 Å². The summed E-state index contributed by atoms with van der Waals surface area (Å²) in [6.07, 6.45) is 0.970. The molecule has 1 aromatic carbocycles. The van der Waals surface area contributed by atoms with Crippen molar-refractivity contribution in [1.82, 2.24) is 4.98 Å². The van der Waals surface area contributed by atoms with Crippen molar-refractivity contribution in [2.24, 2.45) is 0 Å². The van der Waals surface area contributed by atoms with Crippen LogP contribution < -0.4 is 0 Å². The second-order valence-electron chi connectivity index (χ2n) is 5.31. The lowest BCUT2D eigenvalue weighted by atomic mass is 9.96. The Morgan fingerprint density at radius 3 is 2.30 bits per heavy atom. The van der Waals surface area contributed by atoms with Crippen molar-refractivity contribution in [1.29, 1.82) is 0 Å². The van der Waals surface area contributed by atoms with Gasteiger partial charge >= 0.3 is 11.9 Å². The first-order valence-electron chi connectivity index (χ1n) is 7.49. The fourth-order valence-corrected chi connectivity index (χ4v) is 2.69. The van der Waals surface area contributed by atoms with Gasteiger partial charge in [-0.2, -0.15) is 0 Å². The second-order valence-corrected chi connectivity index (χ2v) is 5.31. The quantitative estimate of drug-likeness (QED) is 0.826. The Morgan fingerprint density at radius 2 is 1.78 bits per heavy atom. The Hall–Kier alpha value is -2.69. The van der Waals surface area contributed by atoms with Gasteiger partial charge in [0.05, 0.1) is 16.7 Å². The molecule has 0 spiro atoms. The number of rotatable bonds is 5. The van der Waals surface area contributed by atoms with E-state index in [1.165, 1.54) is 0 Å². The maximum atomic E-state index is 11.6. The van der Waals surface area contributed by atoms with E-state index in [1.54, 1.807) is 25.1 Å². The summed E-state index contributed by atoms with van der Waals surface area (Å²) in [6, 6.07) is 7.02. The molecule has 2 rings (SSSR count). The maximum absolute atomic E-state index is 11.6. The molecule has 0 atom stereocenters. The molecule has 0 bridgehead atoms. The van der Waals surface area contributed by atoms with E-state index in [4.69, 9.17) is 0 Å². The Morgan fingerprint density at radius 1 is 1.09 bits per heavy atom. The topological polar surface area (TPSA) is 87.5 Å². The van der Waals surface area contributed by atoms with Gasteiger partial charge in [-0.15, -0.1) is 0 Å². The van der Waals surface area contributed by atoms with E-state index in [0.717, 1.165) is 28.6 Å². The summed E-state index contributed by atoms with van der Waals surface area (Å²) in [5.41, 5.74) is 2.91. The number of aromatic nitrogens is 1. The molecule has 0 amide bonds. The number of aryl methyl sites for hydroxylation is 2. The molecule has 2 N–H and O–H groups in total. The zero-order valence-electron chi connectivity index (χ0n) is 13.4. The van der Waals surface area contributed by atoms with Gasteiger partial charge in [-0.3, -0.25) is 4.98 Å². The van der Waals surface area contributed by atoms with E-state index in [9.17, 15) is 19.8 Å². The predicted octanol–water partition coefficient (Wildman–Crippen LogP) is 3.44. The van der Waals surface area contributed by atoms with Crippen LogP contribution in [0, 0.1) is 6.92 Å². The predicted molar refractivity (Wildman–Crippen MR) is 88.3 cm³/mol. The van der Waals surface area contributed by atoms with E-state index >= 15 is 0 Å². The van der Waals surface area contributed by atoms with Crippen LogP contribution in [-0.2, 0) is 16.0 Å². The van der Waals surface area contributed by atoms with Gasteiger partial charge < -0.3 is 10.2 Å². The summed E-state index contributed by atoms with van der Waals surface area (Å²) in [5.74, 6) is -2.44. The molecule has 5 nitrogen and oxygen atoms in total. The van der Waals surface area contributed by atoms with Gasteiger partial charge in [-0.05, 0) is 49.1 Å². The van der Waals surface area contributed by atoms with Crippen molar-refractivity contribution in [3.63, 3.8) is 0 Å². The highest BCUT2D eigenvalue weighted by Crippen LogP contribution is 2.26. The highest BCUT2D eigenvalue weighted by atomic mass is 16.4. The van der Waals surface area contributed by atoms with Crippen molar-refractivity contribution >= 4 is 28.4 Å². The number of carboxylic acid groups (broad SMARTS) is 2. The minimum absolute atomic E-state index is 0.104. The van der Waals surface area contributed by atoms with Crippen LogP contribution in [0.25, 0.3) is 16.5 Å². The smallest absolute Gasteiger partial charge is 0.336 e. The maximum Gasteiger partial charge on any atom is 0.336 e. The van der Waals surface area contributed by atoms with E-state index in [1.807, 2.05) is 19.9 Å². The third-order valence-electron chi connectivity index (χ3n) is 3.91. The number of aliphatic carboxylic acids is 2. The highest BCUT2D eigenvalue weighted by Gasteiger charge is 2.21. The SMILES string of the molecule is CCC(C(=O)O)=C(C(=O)O)c1ccc2nc(C)c(CC)cc2c1. The first-order chi connectivity index (χ1) is 10.9. The van der Waals surface area contributed by atoms with Crippen LogP contribution in [0.15, 0.2) is 29.8 Å². The zero-order chi connectivity index (χ0) is 17.1. The molecule has 23 heavy (non-hydrogen) atoms. The van der Waals surface area contributed by atoms with Gasteiger partial charge in [0.25, 0.3) is 0 Å². The van der Waals surface area contributed by atoms with Crippen LogP contribution >= 0.6 is 0 Å². The lowest BCUT2D eigenvalue weighted by Crippen LogP contribution is -2.10. The molecule has 0 aliphatic heterocycles. The molecular weight excluding hydrogens is 294 g/mol. The lowest BCUT2D eigenvalue weighted by molar-refractivity contribution is -0.134. The fourth-order valence-electron chi connectivity index (χ4n) is 2.69. The van der Waals surface area contributed by atoms with Crippen molar-refractivity contribution < 1.29 is 19.8 Å². The normalized spacial score (nSPS) is 12.1. The van der Waals surface area contributed by atoms with E-state index in [2.05, 4.69) is 4.98 Å². The Bertz CT molecular complexity index is 821. The lowest BCUT2D eigenvalue weighted by Gasteiger charge is -2.10.